The molecule has 0 bridgehead atoms. The van der Waals surface area contributed by atoms with E-state index in [1.165, 1.54) is 6.42 Å². The highest BCUT2D eigenvalue weighted by molar-refractivity contribution is 6.21. The molecule has 2 unspecified atom stereocenters. The molecule has 1 aliphatic heterocycles. The van der Waals surface area contributed by atoms with Crippen LogP contribution in [0.15, 0.2) is 24.3 Å². The highest BCUT2D eigenvalue weighted by atomic mass is 16.2. The average Bonchev–Trinajstić information content (AvgIpc) is 2.85. The summed E-state index contributed by atoms with van der Waals surface area (Å²) < 4.78 is 0. The Balaban J connectivity index is 1.92. The SMILES string of the molecule is CCC1CC(N2C(=O)c3ccccc3C2=O)CC(CC)(CC)C1. The van der Waals surface area contributed by atoms with Crippen molar-refractivity contribution in [3.63, 3.8) is 0 Å². The van der Waals surface area contributed by atoms with Crippen LogP contribution >= 0.6 is 0 Å². The van der Waals surface area contributed by atoms with Gasteiger partial charge in [-0.05, 0) is 42.7 Å². The van der Waals surface area contributed by atoms with Gasteiger partial charge in [-0.3, -0.25) is 14.5 Å². The van der Waals surface area contributed by atoms with Crippen molar-refractivity contribution >= 4 is 11.8 Å². The number of nitrogens with zero attached hydrogens (tertiary/aromatic N) is 1. The zero-order chi connectivity index (χ0) is 16.6. The van der Waals surface area contributed by atoms with Crippen LogP contribution in [0, 0.1) is 11.3 Å². The van der Waals surface area contributed by atoms with Crippen LogP contribution in [0.1, 0.15) is 80.0 Å². The van der Waals surface area contributed by atoms with E-state index in [0.29, 0.717) is 17.0 Å². The van der Waals surface area contributed by atoms with Gasteiger partial charge in [-0.15, -0.1) is 0 Å². The molecule has 124 valence electrons. The molecule has 1 aromatic carbocycles. The third-order valence-electron chi connectivity index (χ3n) is 6.26. The van der Waals surface area contributed by atoms with Gasteiger partial charge in [0.1, 0.15) is 0 Å². The quantitative estimate of drug-likeness (QED) is 0.758. The van der Waals surface area contributed by atoms with Crippen LogP contribution in [-0.4, -0.2) is 22.8 Å². The zero-order valence-electron chi connectivity index (χ0n) is 14.5. The van der Waals surface area contributed by atoms with Crippen molar-refractivity contribution in [1.82, 2.24) is 4.90 Å². The van der Waals surface area contributed by atoms with E-state index < -0.39 is 0 Å². The molecule has 2 atom stereocenters. The Morgan fingerprint density at radius 1 is 1.00 bits per heavy atom. The summed E-state index contributed by atoms with van der Waals surface area (Å²) in [5.41, 5.74) is 1.43. The number of hydrogen-bond donors (Lipinski definition) is 0. The molecular formula is C20H27NO2. The molecule has 3 nitrogen and oxygen atoms in total. The predicted octanol–water partition coefficient (Wildman–Crippen LogP) is 4.67. The van der Waals surface area contributed by atoms with Gasteiger partial charge in [0.2, 0.25) is 0 Å². The first-order valence-electron chi connectivity index (χ1n) is 9.02. The number of hydrogen-bond acceptors (Lipinski definition) is 2. The molecule has 1 aliphatic carbocycles. The fourth-order valence-corrected chi connectivity index (χ4v) is 4.62. The molecule has 0 aromatic heterocycles. The van der Waals surface area contributed by atoms with Crippen molar-refractivity contribution in [3.8, 4) is 0 Å². The highest BCUT2D eigenvalue weighted by Gasteiger charge is 2.46. The van der Waals surface area contributed by atoms with E-state index in [1.807, 2.05) is 12.1 Å². The lowest BCUT2D eigenvalue weighted by atomic mass is 9.64. The number of carbonyl (C=O) groups is 2. The number of carbonyl (C=O) groups excluding carboxylic acids is 2. The van der Waals surface area contributed by atoms with Crippen LogP contribution in [-0.2, 0) is 0 Å². The van der Waals surface area contributed by atoms with E-state index in [4.69, 9.17) is 0 Å². The van der Waals surface area contributed by atoms with Gasteiger partial charge in [0.05, 0.1) is 11.1 Å². The summed E-state index contributed by atoms with van der Waals surface area (Å²) in [7, 11) is 0. The van der Waals surface area contributed by atoms with Crippen molar-refractivity contribution in [1.29, 1.82) is 0 Å². The summed E-state index contributed by atoms with van der Waals surface area (Å²) in [4.78, 5) is 27.2. The van der Waals surface area contributed by atoms with Crippen LogP contribution in [0.4, 0.5) is 0 Å². The summed E-state index contributed by atoms with van der Waals surface area (Å²) in [6.45, 7) is 6.73. The van der Waals surface area contributed by atoms with Crippen molar-refractivity contribution in [3.05, 3.63) is 35.4 Å². The van der Waals surface area contributed by atoms with E-state index in [1.54, 1.807) is 17.0 Å². The Morgan fingerprint density at radius 2 is 1.57 bits per heavy atom. The monoisotopic (exact) mass is 313 g/mol. The van der Waals surface area contributed by atoms with Gasteiger partial charge >= 0.3 is 0 Å². The minimum atomic E-state index is -0.0894. The zero-order valence-corrected chi connectivity index (χ0v) is 14.5. The molecule has 0 saturated heterocycles. The standard InChI is InChI=1S/C20H27NO2/c1-4-14-11-15(13-20(5-2,6-3)12-14)21-18(22)16-9-7-8-10-17(16)19(21)23/h7-10,14-15H,4-6,11-13H2,1-3H3. The summed E-state index contributed by atoms with van der Waals surface area (Å²) in [5.74, 6) is 0.430. The minimum Gasteiger partial charge on any atom is -0.271 e. The Labute approximate surface area is 139 Å². The number of imide groups is 1. The largest absolute Gasteiger partial charge is 0.271 e. The molecule has 1 heterocycles. The molecule has 3 heteroatoms. The number of rotatable bonds is 4. The molecule has 0 N–H and O–H groups in total. The first-order valence-corrected chi connectivity index (χ1v) is 9.02. The molecule has 3 rings (SSSR count). The summed E-state index contributed by atoms with van der Waals surface area (Å²) in [6, 6.07) is 7.29. The van der Waals surface area contributed by atoms with Gasteiger partial charge in [-0.1, -0.05) is 52.2 Å². The fraction of sp³-hybridized carbons (Fsp3) is 0.600. The Kier molecular flexibility index (Phi) is 4.31. The van der Waals surface area contributed by atoms with Crippen LogP contribution in [0.25, 0.3) is 0 Å². The van der Waals surface area contributed by atoms with Gasteiger partial charge in [-0.2, -0.15) is 0 Å². The lowest BCUT2D eigenvalue weighted by molar-refractivity contribution is 0.0290. The molecule has 0 radical (unpaired) electrons. The van der Waals surface area contributed by atoms with Crippen LogP contribution in [0.5, 0.6) is 0 Å². The Hall–Kier alpha value is -1.64. The summed E-state index contributed by atoms with van der Waals surface area (Å²) >= 11 is 0. The van der Waals surface area contributed by atoms with Gasteiger partial charge in [0.15, 0.2) is 0 Å². The average molecular weight is 313 g/mol. The Bertz CT molecular complexity index is 583. The molecule has 0 spiro atoms. The van der Waals surface area contributed by atoms with Crippen molar-refractivity contribution in [2.75, 3.05) is 0 Å². The van der Waals surface area contributed by atoms with Crippen LogP contribution in [0.2, 0.25) is 0 Å². The highest BCUT2D eigenvalue weighted by Crippen LogP contribution is 2.47. The fourth-order valence-electron chi connectivity index (χ4n) is 4.62. The van der Waals surface area contributed by atoms with Gasteiger partial charge in [0.25, 0.3) is 11.8 Å². The summed E-state index contributed by atoms with van der Waals surface area (Å²) in [6.07, 6.45) is 6.53. The first-order chi connectivity index (χ1) is 11.0. The second kappa shape index (κ2) is 6.10. The van der Waals surface area contributed by atoms with Gasteiger partial charge in [0, 0.05) is 6.04 Å². The van der Waals surface area contributed by atoms with E-state index in [2.05, 4.69) is 20.8 Å². The third-order valence-corrected chi connectivity index (χ3v) is 6.26. The number of amides is 2. The number of fused-ring (bicyclic) bond motifs is 1. The van der Waals surface area contributed by atoms with E-state index >= 15 is 0 Å². The topological polar surface area (TPSA) is 37.4 Å². The molecule has 2 aliphatic rings. The van der Waals surface area contributed by atoms with Crippen LogP contribution < -0.4 is 0 Å². The normalized spacial score (nSPS) is 26.5. The van der Waals surface area contributed by atoms with Crippen molar-refractivity contribution < 1.29 is 9.59 Å². The molecule has 23 heavy (non-hydrogen) atoms. The predicted molar refractivity (Wildman–Crippen MR) is 91.4 cm³/mol. The van der Waals surface area contributed by atoms with Gasteiger partial charge in [-0.25, -0.2) is 0 Å². The van der Waals surface area contributed by atoms with E-state index in [-0.39, 0.29) is 23.3 Å². The first kappa shape index (κ1) is 16.2. The molecular weight excluding hydrogens is 286 g/mol. The molecule has 2 amide bonds. The maximum atomic E-state index is 12.8. The molecule has 1 fully saturated rings. The molecule has 1 saturated carbocycles. The third kappa shape index (κ3) is 2.60. The van der Waals surface area contributed by atoms with E-state index in [9.17, 15) is 9.59 Å². The van der Waals surface area contributed by atoms with E-state index in [0.717, 1.165) is 32.1 Å². The smallest absolute Gasteiger partial charge is 0.261 e. The van der Waals surface area contributed by atoms with Crippen LogP contribution in [0.3, 0.4) is 0 Å². The summed E-state index contributed by atoms with van der Waals surface area (Å²) in [5, 5.41) is 0. The van der Waals surface area contributed by atoms with Crippen molar-refractivity contribution in [2.45, 2.75) is 65.3 Å². The lowest BCUT2D eigenvalue weighted by Gasteiger charge is -2.46. The second-order valence-electron chi connectivity index (χ2n) is 7.31. The Morgan fingerprint density at radius 3 is 2.04 bits per heavy atom. The van der Waals surface area contributed by atoms with Crippen molar-refractivity contribution in [2.24, 2.45) is 11.3 Å². The minimum absolute atomic E-state index is 0.0565. The maximum absolute atomic E-state index is 12.8. The maximum Gasteiger partial charge on any atom is 0.261 e. The molecule has 1 aromatic rings. The van der Waals surface area contributed by atoms with Gasteiger partial charge < -0.3 is 0 Å². The second-order valence-corrected chi connectivity index (χ2v) is 7.31. The lowest BCUT2D eigenvalue weighted by Crippen LogP contribution is -2.47. The number of benzene rings is 1.